The molecule has 1 amide bonds. The fourth-order valence-corrected chi connectivity index (χ4v) is 5.06. The molecule has 2 N–H and O–H groups in total. The zero-order valence-electron chi connectivity index (χ0n) is 28.2. The van der Waals surface area contributed by atoms with Gasteiger partial charge in [0.1, 0.15) is 12.4 Å². The zero-order chi connectivity index (χ0) is 36.4. The minimum atomic E-state index is -1.12. The highest BCUT2D eigenvalue weighted by Crippen LogP contribution is 2.26. The van der Waals surface area contributed by atoms with Gasteiger partial charge in [-0.2, -0.15) is 5.10 Å². The van der Waals surface area contributed by atoms with Crippen molar-refractivity contribution in [2.24, 2.45) is 13.0 Å². The van der Waals surface area contributed by atoms with E-state index in [1.54, 1.807) is 24.3 Å². The van der Waals surface area contributed by atoms with Gasteiger partial charge in [0.2, 0.25) is 0 Å². The number of aromatic nitrogens is 2. The SMILES string of the molecule is Cn1ncc(OCCOCCOCCOCCOCc2ccccc2)c(-c2ccc(C[C@H](CNC(=O)c3cc(F)ccc3Cl)C(=O)O)cc2)c1=O. The molecular weight excluding hydrogens is 685 g/mol. The van der Waals surface area contributed by atoms with Crippen LogP contribution in [0.2, 0.25) is 5.02 Å². The number of carbonyl (C=O) groups is 2. The summed E-state index contributed by atoms with van der Waals surface area (Å²) in [5.41, 5.74) is 2.16. The average molecular weight is 726 g/mol. The van der Waals surface area contributed by atoms with E-state index in [0.29, 0.717) is 62.9 Å². The Morgan fingerprint density at radius 2 is 1.49 bits per heavy atom. The van der Waals surface area contributed by atoms with Crippen LogP contribution in [0.5, 0.6) is 5.75 Å². The molecular formula is C37H41ClFN3O9. The Labute approximate surface area is 300 Å². The van der Waals surface area contributed by atoms with Crippen LogP contribution >= 0.6 is 11.6 Å². The smallest absolute Gasteiger partial charge is 0.308 e. The molecule has 4 aromatic rings. The summed E-state index contributed by atoms with van der Waals surface area (Å²) in [5.74, 6) is -3.14. The van der Waals surface area contributed by atoms with Gasteiger partial charge < -0.3 is 34.1 Å². The lowest BCUT2D eigenvalue weighted by atomic mass is 9.97. The van der Waals surface area contributed by atoms with Crippen molar-refractivity contribution >= 4 is 23.5 Å². The van der Waals surface area contributed by atoms with E-state index in [-0.39, 0.29) is 48.1 Å². The first kappa shape index (κ1) is 39.1. The zero-order valence-corrected chi connectivity index (χ0v) is 29.0. The largest absolute Gasteiger partial charge is 0.489 e. The van der Waals surface area contributed by atoms with Crippen molar-refractivity contribution in [1.29, 1.82) is 0 Å². The maximum absolute atomic E-state index is 13.6. The van der Waals surface area contributed by atoms with E-state index in [9.17, 15) is 23.9 Å². The van der Waals surface area contributed by atoms with E-state index in [0.717, 1.165) is 17.7 Å². The van der Waals surface area contributed by atoms with Gasteiger partial charge >= 0.3 is 5.97 Å². The quantitative estimate of drug-likeness (QED) is 0.111. The average Bonchev–Trinajstić information content (AvgIpc) is 3.13. The van der Waals surface area contributed by atoms with E-state index in [4.69, 9.17) is 35.3 Å². The van der Waals surface area contributed by atoms with Crippen LogP contribution in [0.25, 0.3) is 11.1 Å². The summed E-state index contributed by atoms with van der Waals surface area (Å²) in [7, 11) is 1.53. The number of nitrogens with one attached hydrogen (secondary N) is 1. The van der Waals surface area contributed by atoms with Gasteiger partial charge in [-0.3, -0.25) is 14.4 Å². The van der Waals surface area contributed by atoms with E-state index in [1.165, 1.54) is 24.0 Å². The van der Waals surface area contributed by atoms with Crippen LogP contribution in [0.4, 0.5) is 4.39 Å². The number of nitrogens with zero attached hydrogens (tertiary/aromatic N) is 2. The van der Waals surface area contributed by atoms with Crippen LogP contribution in [0.3, 0.4) is 0 Å². The van der Waals surface area contributed by atoms with Crippen molar-refractivity contribution in [3.05, 3.63) is 117 Å². The Morgan fingerprint density at radius 3 is 2.14 bits per heavy atom. The summed E-state index contributed by atoms with van der Waals surface area (Å²) in [6.45, 7) is 3.36. The van der Waals surface area contributed by atoms with Gasteiger partial charge in [0.15, 0.2) is 5.75 Å². The third-order valence-corrected chi connectivity index (χ3v) is 7.90. The van der Waals surface area contributed by atoms with Gasteiger partial charge in [-0.25, -0.2) is 9.07 Å². The second-order valence-electron chi connectivity index (χ2n) is 11.3. The highest BCUT2D eigenvalue weighted by Gasteiger charge is 2.21. The fraction of sp³-hybridized carbons (Fsp3) is 0.351. The van der Waals surface area contributed by atoms with Crippen LogP contribution in [0.1, 0.15) is 21.5 Å². The minimum Gasteiger partial charge on any atom is -0.489 e. The molecule has 0 aliphatic carbocycles. The van der Waals surface area contributed by atoms with Crippen molar-refractivity contribution in [3.8, 4) is 16.9 Å². The molecule has 0 unspecified atom stereocenters. The van der Waals surface area contributed by atoms with E-state index in [2.05, 4.69) is 10.4 Å². The Bertz CT molecular complexity index is 1760. The van der Waals surface area contributed by atoms with Crippen molar-refractivity contribution in [3.63, 3.8) is 0 Å². The number of carboxylic acid groups (broad SMARTS) is 1. The molecule has 4 rings (SSSR count). The lowest BCUT2D eigenvalue weighted by Crippen LogP contribution is -2.34. The lowest BCUT2D eigenvalue weighted by Gasteiger charge is -2.15. The third-order valence-electron chi connectivity index (χ3n) is 7.57. The normalized spacial score (nSPS) is 11.7. The number of aryl methyl sites for hydroxylation is 1. The summed E-state index contributed by atoms with van der Waals surface area (Å²) >= 11 is 5.99. The van der Waals surface area contributed by atoms with E-state index < -0.39 is 23.6 Å². The van der Waals surface area contributed by atoms with Gasteiger partial charge in [-0.15, -0.1) is 0 Å². The number of hydrogen-bond acceptors (Lipinski definition) is 9. The Kier molecular flexibility index (Phi) is 16.0. The molecule has 0 aliphatic heterocycles. The Morgan fingerprint density at radius 1 is 0.863 bits per heavy atom. The van der Waals surface area contributed by atoms with Crippen LogP contribution in [-0.2, 0) is 43.8 Å². The number of amides is 1. The molecule has 51 heavy (non-hydrogen) atoms. The summed E-state index contributed by atoms with van der Waals surface area (Å²) in [5, 5.41) is 16.4. The van der Waals surface area contributed by atoms with Gasteiger partial charge in [0.05, 0.1) is 81.1 Å². The highest BCUT2D eigenvalue weighted by atomic mass is 35.5. The first-order valence-corrected chi connectivity index (χ1v) is 16.7. The molecule has 0 saturated carbocycles. The number of ether oxygens (including phenoxy) is 5. The first-order chi connectivity index (χ1) is 24.7. The molecule has 3 aromatic carbocycles. The highest BCUT2D eigenvalue weighted by molar-refractivity contribution is 6.33. The van der Waals surface area contributed by atoms with E-state index >= 15 is 0 Å². The number of rotatable bonds is 22. The molecule has 0 spiro atoms. The molecule has 14 heteroatoms. The molecule has 1 atom stereocenters. The molecule has 0 radical (unpaired) electrons. The number of aliphatic carboxylic acids is 1. The summed E-state index contributed by atoms with van der Waals surface area (Å²) in [4.78, 5) is 37.5. The second kappa shape index (κ2) is 20.9. The fourth-order valence-electron chi connectivity index (χ4n) is 4.85. The topological polar surface area (TPSA) is 147 Å². The lowest BCUT2D eigenvalue weighted by molar-refractivity contribution is -0.141. The molecule has 1 heterocycles. The Balaban J connectivity index is 1.17. The second-order valence-corrected chi connectivity index (χ2v) is 11.7. The van der Waals surface area contributed by atoms with Crippen LogP contribution < -0.4 is 15.6 Å². The third kappa shape index (κ3) is 12.9. The molecule has 12 nitrogen and oxygen atoms in total. The maximum atomic E-state index is 13.6. The standard InChI is InChI=1S/C37H41ClFN3O9/c1-42-36(44)34(28-9-7-26(8-10-28)21-29(37(45)46)23-40-35(43)31-22-30(39)11-12-32(31)38)33(24-41-42)51-20-19-49-16-15-47-13-14-48-17-18-50-25-27-5-3-2-4-6-27/h2-12,22,24,29H,13-21,23,25H2,1H3,(H,40,43)(H,45,46)/t29-/m1/s1. The number of hydrogen-bond donors (Lipinski definition) is 2. The van der Waals surface area contributed by atoms with Crippen molar-refractivity contribution in [1.82, 2.24) is 15.1 Å². The van der Waals surface area contributed by atoms with Crippen molar-refractivity contribution in [2.75, 3.05) is 59.4 Å². The van der Waals surface area contributed by atoms with Gasteiger partial charge in [0.25, 0.3) is 11.5 Å². The number of halogens is 2. The minimum absolute atomic E-state index is 0.0503. The number of carbonyl (C=O) groups excluding carboxylic acids is 1. The van der Waals surface area contributed by atoms with Gasteiger partial charge in [0, 0.05) is 13.6 Å². The Hall–Kier alpha value is -4.66. The predicted molar refractivity (Wildman–Crippen MR) is 188 cm³/mol. The monoisotopic (exact) mass is 725 g/mol. The van der Waals surface area contributed by atoms with Crippen LogP contribution in [-0.4, -0.2) is 86.2 Å². The van der Waals surface area contributed by atoms with Gasteiger partial charge in [-0.1, -0.05) is 66.2 Å². The molecule has 0 bridgehead atoms. The van der Waals surface area contributed by atoms with Crippen LogP contribution in [0.15, 0.2) is 83.8 Å². The first-order valence-electron chi connectivity index (χ1n) is 16.3. The molecule has 1 aromatic heterocycles. The van der Waals surface area contributed by atoms with Crippen molar-refractivity contribution in [2.45, 2.75) is 13.0 Å². The molecule has 272 valence electrons. The molecule has 0 aliphatic rings. The number of carboxylic acids is 1. The molecule has 0 saturated heterocycles. The van der Waals surface area contributed by atoms with Crippen LogP contribution in [0, 0.1) is 11.7 Å². The number of benzene rings is 3. The maximum Gasteiger partial charge on any atom is 0.308 e. The summed E-state index contributed by atoms with van der Waals surface area (Å²) in [6, 6.07) is 20.1. The molecule has 0 fully saturated rings. The predicted octanol–water partition coefficient (Wildman–Crippen LogP) is 4.56. The summed E-state index contributed by atoms with van der Waals surface area (Å²) < 4.78 is 42.8. The van der Waals surface area contributed by atoms with Gasteiger partial charge in [-0.05, 0) is 41.3 Å². The summed E-state index contributed by atoms with van der Waals surface area (Å²) in [6.07, 6.45) is 1.54. The van der Waals surface area contributed by atoms with E-state index in [1.807, 2.05) is 30.3 Å². The van der Waals surface area contributed by atoms with Crippen molar-refractivity contribution < 1.29 is 42.8 Å².